The summed E-state index contributed by atoms with van der Waals surface area (Å²) in [7, 11) is 0. The molecule has 0 bridgehead atoms. The molecule has 2 heterocycles. The van der Waals surface area contributed by atoms with Gasteiger partial charge in [0.1, 0.15) is 12.1 Å². The maximum Gasteiger partial charge on any atom is 0.135 e. The summed E-state index contributed by atoms with van der Waals surface area (Å²) in [6, 6.07) is 0. The third-order valence-electron chi connectivity index (χ3n) is 4.40. The number of nitrogens with zero attached hydrogens (tertiary/aromatic N) is 3. The van der Waals surface area contributed by atoms with E-state index in [9.17, 15) is 0 Å². The van der Waals surface area contributed by atoms with E-state index < -0.39 is 0 Å². The fourth-order valence-electron chi connectivity index (χ4n) is 3.53. The minimum atomic E-state index is -0.190. The Kier molecular flexibility index (Phi) is 4.13. The molecule has 1 atom stereocenters. The Morgan fingerprint density at radius 3 is 2.90 bits per heavy atom. The first-order valence-corrected chi connectivity index (χ1v) is 8.04. The first-order valence-electron chi connectivity index (χ1n) is 8.04. The van der Waals surface area contributed by atoms with E-state index in [1.54, 1.807) is 6.33 Å². The van der Waals surface area contributed by atoms with E-state index in [0.717, 1.165) is 31.7 Å². The van der Waals surface area contributed by atoms with Crippen molar-refractivity contribution in [2.45, 2.75) is 57.7 Å². The third kappa shape index (κ3) is 3.19. The second kappa shape index (κ2) is 5.89. The number of rotatable bonds is 2. The Balaban J connectivity index is 1.92. The van der Waals surface area contributed by atoms with E-state index in [-0.39, 0.29) is 11.7 Å². The van der Waals surface area contributed by atoms with Gasteiger partial charge in [-0.1, -0.05) is 6.42 Å². The van der Waals surface area contributed by atoms with Gasteiger partial charge in [0.2, 0.25) is 0 Å². The van der Waals surface area contributed by atoms with Crippen LogP contribution >= 0.6 is 0 Å². The standard InChI is InChI=1S/C16H26N4O/c1-16(2)10-20(9-12(8-17)21-16)15-13-6-4-3-5-7-14(13)18-11-19-15/h11-12H,3-10,17H2,1-2H3. The molecule has 2 aliphatic rings. The molecule has 1 aromatic rings. The zero-order valence-corrected chi connectivity index (χ0v) is 13.1. The average molecular weight is 290 g/mol. The van der Waals surface area contributed by atoms with Gasteiger partial charge in [-0.05, 0) is 39.5 Å². The van der Waals surface area contributed by atoms with Gasteiger partial charge in [-0.2, -0.15) is 0 Å². The molecule has 3 rings (SSSR count). The van der Waals surface area contributed by atoms with Crippen LogP contribution in [0.3, 0.4) is 0 Å². The molecule has 1 aliphatic carbocycles. The number of morpholine rings is 1. The van der Waals surface area contributed by atoms with Crippen LogP contribution in [0.5, 0.6) is 0 Å². The molecule has 116 valence electrons. The van der Waals surface area contributed by atoms with Crippen molar-refractivity contribution in [3.63, 3.8) is 0 Å². The Hall–Kier alpha value is -1.20. The summed E-state index contributed by atoms with van der Waals surface area (Å²) in [5.41, 5.74) is 8.25. The van der Waals surface area contributed by atoms with Crippen molar-refractivity contribution in [1.29, 1.82) is 0 Å². The van der Waals surface area contributed by atoms with Crippen LogP contribution in [0.15, 0.2) is 6.33 Å². The molecule has 0 amide bonds. The number of ether oxygens (including phenoxy) is 1. The Morgan fingerprint density at radius 1 is 1.29 bits per heavy atom. The number of fused-ring (bicyclic) bond motifs is 1. The normalized spacial score (nSPS) is 25.3. The van der Waals surface area contributed by atoms with E-state index in [1.165, 1.54) is 30.5 Å². The van der Waals surface area contributed by atoms with E-state index in [1.807, 2.05) is 0 Å². The van der Waals surface area contributed by atoms with Gasteiger partial charge in [-0.15, -0.1) is 0 Å². The predicted octanol–water partition coefficient (Wildman–Crippen LogP) is 1.69. The highest BCUT2D eigenvalue weighted by Gasteiger charge is 2.34. The molecular weight excluding hydrogens is 264 g/mol. The van der Waals surface area contributed by atoms with Crippen LogP contribution in [0.2, 0.25) is 0 Å². The fourth-order valence-corrected chi connectivity index (χ4v) is 3.53. The van der Waals surface area contributed by atoms with Gasteiger partial charge in [-0.3, -0.25) is 0 Å². The lowest BCUT2D eigenvalue weighted by Gasteiger charge is -2.43. The molecule has 5 nitrogen and oxygen atoms in total. The van der Waals surface area contributed by atoms with Crippen molar-refractivity contribution in [2.24, 2.45) is 5.73 Å². The summed E-state index contributed by atoms with van der Waals surface area (Å²) < 4.78 is 6.03. The number of aryl methyl sites for hydroxylation is 1. The summed E-state index contributed by atoms with van der Waals surface area (Å²) in [5.74, 6) is 1.11. The van der Waals surface area contributed by atoms with Crippen molar-refractivity contribution in [3.05, 3.63) is 17.6 Å². The summed E-state index contributed by atoms with van der Waals surface area (Å²) in [5, 5.41) is 0. The SMILES string of the molecule is CC1(C)CN(c2ncnc3c2CCCCC3)CC(CN)O1. The molecule has 1 saturated heterocycles. The molecular formula is C16H26N4O. The predicted molar refractivity (Wildman–Crippen MR) is 83.5 cm³/mol. The molecule has 1 aromatic heterocycles. The lowest BCUT2D eigenvalue weighted by molar-refractivity contribution is -0.0790. The second-order valence-corrected chi connectivity index (χ2v) is 6.80. The average Bonchev–Trinajstić information content (AvgIpc) is 2.70. The maximum absolute atomic E-state index is 6.03. The van der Waals surface area contributed by atoms with Gasteiger partial charge in [0.25, 0.3) is 0 Å². The van der Waals surface area contributed by atoms with Crippen LogP contribution in [0.1, 0.15) is 44.4 Å². The van der Waals surface area contributed by atoms with Crippen molar-refractivity contribution in [2.75, 3.05) is 24.5 Å². The van der Waals surface area contributed by atoms with Crippen LogP contribution in [0.25, 0.3) is 0 Å². The second-order valence-electron chi connectivity index (χ2n) is 6.80. The Morgan fingerprint density at radius 2 is 2.10 bits per heavy atom. The summed E-state index contributed by atoms with van der Waals surface area (Å²) in [6.07, 6.45) is 7.74. The van der Waals surface area contributed by atoms with Crippen molar-refractivity contribution < 1.29 is 4.74 Å². The molecule has 0 spiro atoms. The highest BCUT2D eigenvalue weighted by atomic mass is 16.5. The van der Waals surface area contributed by atoms with Crippen molar-refractivity contribution >= 4 is 5.82 Å². The van der Waals surface area contributed by atoms with E-state index in [0.29, 0.717) is 6.54 Å². The van der Waals surface area contributed by atoms with Crippen molar-refractivity contribution in [3.8, 4) is 0 Å². The quantitative estimate of drug-likeness (QED) is 0.840. The van der Waals surface area contributed by atoms with E-state index >= 15 is 0 Å². The highest BCUT2D eigenvalue weighted by molar-refractivity contribution is 5.50. The minimum Gasteiger partial charge on any atom is -0.367 e. The monoisotopic (exact) mass is 290 g/mol. The van der Waals surface area contributed by atoms with Gasteiger partial charge in [0, 0.05) is 30.9 Å². The van der Waals surface area contributed by atoms with Crippen LogP contribution in [0, 0.1) is 0 Å². The number of hydrogen-bond donors (Lipinski definition) is 1. The highest BCUT2D eigenvalue weighted by Crippen LogP contribution is 2.30. The third-order valence-corrected chi connectivity index (χ3v) is 4.40. The van der Waals surface area contributed by atoms with Gasteiger partial charge < -0.3 is 15.4 Å². The van der Waals surface area contributed by atoms with Crippen molar-refractivity contribution in [1.82, 2.24) is 9.97 Å². The largest absolute Gasteiger partial charge is 0.367 e. The molecule has 2 N–H and O–H groups in total. The fraction of sp³-hybridized carbons (Fsp3) is 0.750. The van der Waals surface area contributed by atoms with Crippen LogP contribution in [0.4, 0.5) is 5.82 Å². The number of anilines is 1. The van der Waals surface area contributed by atoms with Gasteiger partial charge in [-0.25, -0.2) is 9.97 Å². The van der Waals surface area contributed by atoms with Crippen LogP contribution in [-0.4, -0.2) is 41.3 Å². The van der Waals surface area contributed by atoms with Crippen LogP contribution < -0.4 is 10.6 Å². The molecule has 21 heavy (non-hydrogen) atoms. The van der Waals surface area contributed by atoms with Gasteiger partial charge in [0.15, 0.2) is 0 Å². The maximum atomic E-state index is 6.03. The zero-order valence-electron chi connectivity index (χ0n) is 13.1. The number of aromatic nitrogens is 2. The lowest BCUT2D eigenvalue weighted by Crippen LogP contribution is -2.55. The Bertz CT molecular complexity index is 503. The molecule has 1 unspecified atom stereocenters. The first kappa shape index (κ1) is 14.7. The minimum absolute atomic E-state index is 0.0742. The van der Waals surface area contributed by atoms with E-state index in [4.69, 9.17) is 10.5 Å². The molecule has 5 heteroatoms. The van der Waals surface area contributed by atoms with Gasteiger partial charge >= 0.3 is 0 Å². The summed E-state index contributed by atoms with van der Waals surface area (Å²) >= 11 is 0. The van der Waals surface area contributed by atoms with Crippen LogP contribution in [-0.2, 0) is 17.6 Å². The molecule has 1 aliphatic heterocycles. The lowest BCUT2D eigenvalue weighted by atomic mass is 10.0. The summed E-state index contributed by atoms with van der Waals surface area (Å²) in [4.78, 5) is 11.5. The molecule has 1 fully saturated rings. The molecule has 0 radical (unpaired) electrons. The zero-order chi connectivity index (χ0) is 14.9. The molecule has 0 saturated carbocycles. The Labute approximate surface area is 126 Å². The van der Waals surface area contributed by atoms with E-state index in [2.05, 4.69) is 28.7 Å². The smallest absolute Gasteiger partial charge is 0.135 e. The van der Waals surface area contributed by atoms with Gasteiger partial charge in [0.05, 0.1) is 11.7 Å². The number of nitrogens with two attached hydrogens (primary N) is 1. The summed E-state index contributed by atoms with van der Waals surface area (Å²) in [6.45, 7) is 6.48. The topological polar surface area (TPSA) is 64.3 Å². The first-order chi connectivity index (χ1) is 10.1. The molecule has 0 aromatic carbocycles. The number of hydrogen-bond acceptors (Lipinski definition) is 5.